The number of allylic oxidation sites excluding steroid dienone is 2. The van der Waals surface area contributed by atoms with Crippen molar-refractivity contribution >= 4 is 12.2 Å². The van der Waals surface area contributed by atoms with Crippen LogP contribution in [0, 0.1) is 22.7 Å². The molecule has 0 bridgehead atoms. The maximum Gasteiger partial charge on any atom is 0.0912 e. The van der Waals surface area contributed by atoms with E-state index in [9.17, 15) is 0 Å². The Kier molecular flexibility index (Phi) is 8.59. The maximum absolute atomic E-state index is 8.44. The van der Waals surface area contributed by atoms with E-state index < -0.39 is 0 Å². The molecule has 2 heterocycles. The SMILES string of the molecule is CO.N#C/C=C/c1ccc2c(n1)CC=C2.N#CCCc1ccc2c(n1)CCC2. The average molecular weight is 372 g/mol. The molecule has 2 aliphatic carbocycles. The van der Waals surface area contributed by atoms with Crippen LogP contribution in [0.2, 0.25) is 0 Å². The van der Waals surface area contributed by atoms with Crippen molar-refractivity contribution in [1.82, 2.24) is 9.97 Å². The fourth-order valence-corrected chi connectivity index (χ4v) is 3.15. The molecule has 0 aromatic carbocycles. The standard InChI is InChI=1S/C11H12N2.C11H8N2.CH4O/c2*12-8-2-4-10-7-6-9-3-1-5-11(9)13-10;1-2/h6-7H,1-5H2;1-4,6-7H,5H2;2H,1H3/b;4-2+;. The van der Waals surface area contributed by atoms with Crippen LogP contribution in [0.5, 0.6) is 0 Å². The highest BCUT2D eigenvalue weighted by molar-refractivity contribution is 5.60. The topological polar surface area (TPSA) is 93.6 Å². The summed E-state index contributed by atoms with van der Waals surface area (Å²) >= 11 is 0. The van der Waals surface area contributed by atoms with Gasteiger partial charge in [-0.15, -0.1) is 0 Å². The van der Waals surface area contributed by atoms with Gasteiger partial charge in [0.05, 0.1) is 23.5 Å². The van der Waals surface area contributed by atoms with Gasteiger partial charge in [0.2, 0.25) is 0 Å². The number of rotatable bonds is 3. The first-order valence-electron chi connectivity index (χ1n) is 9.32. The van der Waals surface area contributed by atoms with Crippen molar-refractivity contribution in [3.8, 4) is 12.1 Å². The molecule has 0 unspecified atom stereocenters. The summed E-state index contributed by atoms with van der Waals surface area (Å²) in [6.07, 6.45) is 13.1. The molecule has 2 aliphatic rings. The first-order chi connectivity index (χ1) is 13.8. The minimum atomic E-state index is 0.575. The number of hydrogen-bond donors (Lipinski definition) is 1. The lowest BCUT2D eigenvalue weighted by Gasteiger charge is -2.01. The summed E-state index contributed by atoms with van der Waals surface area (Å²) in [6.45, 7) is 0. The zero-order valence-electron chi connectivity index (χ0n) is 16.1. The highest BCUT2D eigenvalue weighted by atomic mass is 16.2. The molecule has 0 radical (unpaired) electrons. The molecule has 5 heteroatoms. The Morgan fingerprint density at radius 2 is 1.93 bits per heavy atom. The fourth-order valence-electron chi connectivity index (χ4n) is 3.15. The van der Waals surface area contributed by atoms with Gasteiger partial charge >= 0.3 is 0 Å². The van der Waals surface area contributed by atoms with Crippen molar-refractivity contribution in [2.45, 2.75) is 38.5 Å². The molecule has 2 aromatic heterocycles. The van der Waals surface area contributed by atoms with Gasteiger partial charge in [0.15, 0.2) is 0 Å². The normalized spacial score (nSPS) is 12.7. The third-order valence-corrected chi connectivity index (χ3v) is 4.45. The molecule has 5 nitrogen and oxygen atoms in total. The van der Waals surface area contributed by atoms with E-state index in [0.717, 1.165) is 43.5 Å². The number of nitriles is 2. The summed E-state index contributed by atoms with van der Waals surface area (Å²) in [7, 11) is 1.00. The molecule has 0 atom stereocenters. The van der Waals surface area contributed by atoms with Crippen LogP contribution in [0.3, 0.4) is 0 Å². The van der Waals surface area contributed by atoms with Gasteiger partial charge in [-0.3, -0.25) is 9.97 Å². The number of hydrogen-bond acceptors (Lipinski definition) is 5. The van der Waals surface area contributed by atoms with Crippen LogP contribution in [-0.2, 0) is 25.7 Å². The molecule has 4 rings (SSSR count). The summed E-state index contributed by atoms with van der Waals surface area (Å²) < 4.78 is 0. The van der Waals surface area contributed by atoms with E-state index in [1.165, 1.54) is 35.7 Å². The smallest absolute Gasteiger partial charge is 0.0912 e. The van der Waals surface area contributed by atoms with Crippen LogP contribution in [0.1, 0.15) is 46.7 Å². The van der Waals surface area contributed by atoms with Crippen molar-refractivity contribution < 1.29 is 5.11 Å². The van der Waals surface area contributed by atoms with Crippen LogP contribution in [0.4, 0.5) is 0 Å². The predicted octanol–water partition coefficient (Wildman–Crippen LogP) is 3.82. The largest absolute Gasteiger partial charge is 0.400 e. The number of aliphatic hydroxyl groups excluding tert-OH is 1. The number of aromatic nitrogens is 2. The first-order valence-corrected chi connectivity index (χ1v) is 9.32. The number of pyridine rings is 2. The number of fused-ring (bicyclic) bond motifs is 2. The Bertz CT molecular complexity index is 933. The number of aryl methyl sites for hydroxylation is 3. The van der Waals surface area contributed by atoms with Crippen LogP contribution in [0.25, 0.3) is 12.2 Å². The second-order valence-electron chi connectivity index (χ2n) is 6.26. The third-order valence-electron chi connectivity index (χ3n) is 4.45. The predicted molar refractivity (Wildman–Crippen MR) is 110 cm³/mol. The van der Waals surface area contributed by atoms with Crippen molar-refractivity contribution in [2.24, 2.45) is 0 Å². The van der Waals surface area contributed by atoms with Gasteiger partial charge in [-0.2, -0.15) is 10.5 Å². The third kappa shape index (κ3) is 5.87. The Morgan fingerprint density at radius 3 is 2.71 bits per heavy atom. The second-order valence-corrected chi connectivity index (χ2v) is 6.26. The fraction of sp³-hybridized carbons (Fsp3) is 0.304. The van der Waals surface area contributed by atoms with E-state index in [-0.39, 0.29) is 0 Å². The Hall–Kier alpha value is -3.28. The van der Waals surface area contributed by atoms with E-state index in [1.807, 2.05) is 18.2 Å². The zero-order valence-corrected chi connectivity index (χ0v) is 16.1. The van der Waals surface area contributed by atoms with E-state index in [0.29, 0.717) is 6.42 Å². The molecule has 0 saturated carbocycles. The quantitative estimate of drug-likeness (QED) is 0.827. The molecular formula is C23H24N4O. The lowest BCUT2D eigenvalue weighted by Crippen LogP contribution is -1.94. The van der Waals surface area contributed by atoms with Gasteiger partial charge in [-0.05, 0) is 48.6 Å². The second kappa shape index (κ2) is 11.4. The molecule has 0 amide bonds. The molecule has 1 N–H and O–H groups in total. The number of aliphatic hydroxyl groups is 1. The van der Waals surface area contributed by atoms with Crippen LogP contribution < -0.4 is 0 Å². The summed E-state index contributed by atoms with van der Waals surface area (Å²) in [5, 5.41) is 23.8. The lowest BCUT2D eigenvalue weighted by atomic mass is 10.1. The minimum absolute atomic E-state index is 0.575. The average Bonchev–Trinajstić information content (AvgIpc) is 3.41. The monoisotopic (exact) mass is 372 g/mol. The summed E-state index contributed by atoms with van der Waals surface area (Å²) in [6, 6.07) is 12.3. The van der Waals surface area contributed by atoms with E-state index in [1.54, 1.807) is 6.08 Å². The van der Waals surface area contributed by atoms with Gasteiger partial charge in [-0.1, -0.05) is 24.3 Å². The van der Waals surface area contributed by atoms with Crippen molar-refractivity contribution in [3.63, 3.8) is 0 Å². The maximum atomic E-state index is 8.44. The molecule has 0 spiro atoms. The van der Waals surface area contributed by atoms with Gasteiger partial charge < -0.3 is 5.11 Å². The summed E-state index contributed by atoms with van der Waals surface area (Å²) in [5.74, 6) is 0. The molecule has 0 saturated heterocycles. The van der Waals surface area contributed by atoms with E-state index in [4.69, 9.17) is 15.6 Å². The van der Waals surface area contributed by atoms with Crippen molar-refractivity contribution in [3.05, 3.63) is 70.3 Å². The van der Waals surface area contributed by atoms with Gasteiger partial charge in [0.1, 0.15) is 0 Å². The summed E-state index contributed by atoms with van der Waals surface area (Å²) in [4.78, 5) is 8.93. The molecule has 28 heavy (non-hydrogen) atoms. The van der Waals surface area contributed by atoms with Crippen LogP contribution >= 0.6 is 0 Å². The van der Waals surface area contributed by atoms with Gasteiger partial charge in [0, 0.05) is 43.8 Å². The summed E-state index contributed by atoms with van der Waals surface area (Å²) in [5.41, 5.74) is 6.87. The van der Waals surface area contributed by atoms with Gasteiger partial charge in [0.25, 0.3) is 0 Å². The molecular weight excluding hydrogens is 348 g/mol. The van der Waals surface area contributed by atoms with Crippen LogP contribution in [-0.4, -0.2) is 22.2 Å². The van der Waals surface area contributed by atoms with E-state index >= 15 is 0 Å². The Morgan fingerprint density at radius 1 is 1.07 bits per heavy atom. The highest BCUT2D eigenvalue weighted by Crippen LogP contribution is 2.20. The molecule has 142 valence electrons. The molecule has 0 aliphatic heterocycles. The molecule has 0 fully saturated rings. The first kappa shape index (κ1) is 21.0. The minimum Gasteiger partial charge on any atom is -0.400 e. The lowest BCUT2D eigenvalue weighted by molar-refractivity contribution is 0.399. The Labute approximate surface area is 166 Å². The molecule has 2 aromatic rings. The van der Waals surface area contributed by atoms with Crippen molar-refractivity contribution in [1.29, 1.82) is 10.5 Å². The van der Waals surface area contributed by atoms with Gasteiger partial charge in [-0.25, -0.2) is 0 Å². The highest BCUT2D eigenvalue weighted by Gasteiger charge is 2.11. The van der Waals surface area contributed by atoms with Crippen molar-refractivity contribution in [2.75, 3.05) is 7.11 Å². The number of nitrogens with zero attached hydrogens (tertiary/aromatic N) is 4. The van der Waals surface area contributed by atoms with E-state index in [2.05, 4.69) is 40.3 Å². The van der Waals surface area contributed by atoms with Crippen LogP contribution in [0.15, 0.2) is 36.4 Å². The Balaban J connectivity index is 0.000000184. The zero-order chi connectivity index (χ0) is 20.2.